The third kappa shape index (κ3) is 2.94. The Morgan fingerprint density at radius 3 is 2.46 bits per heavy atom. The fourth-order valence-corrected chi connectivity index (χ4v) is 3.19. The van der Waals surface area contributed by atoms with Crippen molar-refractivity contribution in [3.8, 4) is 5.69 Å². The Labute approximate surface area is 147 Å². The van der Waals surface area contributed by atoms with E-state index in [9.17, 15) is 17.6 Å². The number of rotatable bonds is 3. The lowest BCUT2D eigenvalue weighted by molar-refractivity contribution is -0.137. The molecule has 4 rings (SSSR count). The van der Waals surface area contributed by atoms with Crippen LogP contribution in [0.2, 0.25) is 0 Å². The van der Waals surface area contributed by atoms with E-state index in [2.05, 4.69) is 10.4 Å². The third-order valence-electron chi connectivity index (χ3n) is 4.49. The molecule has 1 aromatic heterocycles. The van der Waals surface area contributed by atoms with Crippen molar-refractivity contribution in [1.82, 2.24) is 9.78 Å². The molecule has 7 heteroatoms. The molecular weight excluding hydrogens is 346 g/mol. The lowest BCUT2D eigenvalue weighted by Crippen LogP contribution is -2.07. The van der Waals surface area contributed by atoms with E-state index in [0.717, 1.165) is 42.2 Å². The van der Waals surface area contributed by atoms with Crippen molar-refractivity contribution in [2.24, 2.45) is 0 Å². The SMILES string of the molecule is Fc1ccccc1Cc1nn(-c2ccc(C(F)(F)F)cc2)c2c1CCN2. The van der Waals surface area contributed by atoms with Gasteiger partial charge in [0.2, 0.25) is 0 Å². The summed E-state index contributed by atoms with van der Waals surface area (Å²) < 4.78 is 53.8. The van der Waals surface area contributed by atoms with Gasteiger partial charge in [0.1, 0.15) is 11.6 Å². The summed E-state index contributed by atoms with van der Waals surface area (Å²) in [5, 5.41) is 7.75. The van der Waals surface area contributed by atoms with Gasteiger partial charge in [0.15, 0.2) is 0 Å². The molecule has 0 spiro atoms. The zero-order valence-electron chi connectivity index (χ0n) is 13.6. The first-order valence-corrected chi connectivity index (χ1v) is 8.19. The summed E-state index contributed by atoms with van der Waals surface area (Å²) in [6.45, 7) is 0.720. The van der Waals surface area contributed by atoms with Gasteiger partial charge in [-0.1, -0.05) is 18.2 Å². The Bertz CT molecular complexity index is 942. The second kappa shape index (κ2) is 6.16. The number of hydrogen-bond donors (Lipinski definition) is 1. The van der Waals surface area contributed by atoms with Gasteiger partial charge < -0.3 is 5.32 Å². The van der Waals surface area contributed by atoms with E-state index in [0.29, 0.717) is 17.7 Å². The number of alkyl halides is 3. The number of hydrogen-bond acceptors (Lipinski definition) is 2. The molecule has 1 aliphatic heterocycles. The molecule has 0 radical (unpaired) electrons. The van der Waals surface area contributed by atoms with Gasteiger partial charge in [-0.2, -0.15) is 18.3 Å². The molecule has 0 saturated carbocycles. The second-order valence-electron chi connectivity index (χ2n) is 6.18. The summed E-state index contributed by atoms with van der Waals surface area (Å²) in [5.74, 6) is 0.465. The van der Waals surface area contributed by atoms with Crippen LogP contribution in [0.3, 0.4) is 0 Å². The molecule has 2 heterocycles. The number of benzene rings is 2. The minimum absolute atomic E-state index is 0.295. The Hall–Kier alpha value is -2.83. The lowest BCUT2D eigenvalue weighted by atomic mass is 10.1. The van der Waals surface area contributed by atoms with Crippen LogP contribution in [-0.2, 0) is 19.0 Å². The van der Waals surface area contributed by atoms with Crippen LogP contribution in [0, 0.1) is 5.82 Å². The Balaban J connectivity index is 1.71. The van der Waals surface area contributed by atoms with Gasteiger partial charge in [-0.15, -0.1) is 0 Å². The highest BCUT2D eigenvalue weighted by Crippen LogP contribution is 2.33. The third-order valence-corrected chi connectivity index (χ3v) is 4.49. The van der Waals surface area contributed by atoms with Crippen molar-refractivity contribution in [1.29, 1.82) is 0 Å². The highest BCUT2D eigenvalue weighted by molar-refractivity contribution is 5.58. The monoisotopic (exact) mass is 361 g/mol. The molecule has 0 aliphatic carbocycles. The molecule has 0 unspecified atom stereocenters. The molecule has 3 aromatic rings. The Morgan fingerprint density at radius 2 is 1.77 bits per heavy atom. The summed E-state index contributed by atoms with van der Waals surface area (Å²) in [4.78, 5) is 0. The van der Waals surface area contributed by atoms with Crippen molar-refractivity contribution >= 4 is 5.82 Å². The van der Waals surface area contributed by atoms with E-state index in [1.165, 1.54) is 18.2 Å². The van der Waals surface area contributed by atoms with Crippen LogP contribution in [0.1, 0.15) is 22.4 Å². The summed E-state index contributed by atoms with van der Waals surface area (Å²) in [5.41, 5.74) is 2.08. The highest BCUT2D eigenvalue weighted by atomic mass is 19.4. The quantitative estimate of drug-likeness (QED) is 0.692. The van der Waals surface area contributed by atoms with Crippen LogP contribution >= 0.6 is 0 Å². The molecule has 3 nitrogen and oxygen atoms in total. The molecule has 1 N–H and O–H groups in total. The number of halogens is 4. The van der Waals surface area contributed by atoms with Gasteiger partial charge in [0, 0.05) is 18.5 Å². The fourth-order valence-electron chi connectivity index (χ4n) is 3.19. The van der Waals surface area contributed by atoms with Crippen molar-refractivity contribution < 1.29 is 17.6 Å². The van der Waals surface area contributed by atoms with Crippen molar-refractivity contribution in [3.63, 3.8) is 0 Å². The number of anilines is 1. The predicted octanol–water partition coefficient (Wildman–Crippen LogP) is 4.59. The van der Waals surface area contributed by atoms with Gasteiger partial charge in [-0.3, -0.25) is 0 Å². The van der Waals surface area contributed by atoms with Gasteiger partial charge in [0.05, 0.1) is 16.9 Å². The maximum atomic E-state index is 14.0. The predicted molar refractivity (Wildman–Crippen MR) is 90.0 cm³/mol. The number of nitrogens with one attached hydrogen (secondary N) is 1. The minimum atomic E-state index is -4.38. The Kier molecular flexibility index (Phi) is 3.94. The smallest absolute Gasteiger partial charge is 0.369 e. The van der Waals surface area contributed by atoms with E-state index < -0.39 is 11.7 Å². The van der Waals surface area contributed by atoms with Crippen LogP contribution in [-0.4, -0.2) is 16.3 Å². The molecule has 134 valence electrons. The van der Waals surface area contributed by atoms with E-state index in [-0.39, 0.29) is 5.82 Å². The van der Waals surface area contributed by atoms with Crippen LogP contribution < -0.4 is 5.32 Å². The summed E-state index contributed by atoms with van der Waals surface area (Å²) in [6.07, 6.45) is -3.29. The summed E-state index contributed by atoms with van der Waals surface area (Å²) in [7, 11) is 0. The fraction of sp³-hybridized carbons (Fsp3) is 0.211. The zero-order chi connectivity index (χ0) is 18.3. The standard InChI is InChI=1S/C19H15F4N3/c20-16-4-2-1-3-12(16)11-17-15-9-10-24-18(15)26(25-17)14-7-5-13(6-8-14)19(21,22)23/h1-8,24H,9-11H2. The molecular formula is C19H15F4N3. The van der Waals surface area contributed by atoms with Gasteiger partial charge >= 0.3 is 6.18 Å². The molecule has 1 aliphatic rings. The van der Waals surface area contributed by atoms with Gasteiger partial charge in [0.25, 0.3) is 0 Å². The topological polar surface area (TPSA) is 29.9 Å². The second-order valence-corrected chi connectivity index (χ2v) is 6.18. The van der Waals surface area contributed by atoms with E-state index in [1.807, 2.05) is 0 Å². The van der Waals surface area contributed by atoms with E-state index in [4.69, 9.17) is 0 Å². The normalized spacial score (nSPS) is 13.5. The van der Waals surface area contributed by atoms with E-state index >= 15 is 0 Å². The molecule has 0 bridgehead atoms. The van der Waals surface area contributed by atoms with Crippen molar-refractivity contribution in [2.75, 3.05) is 11.9 Å². The molecule has 0 saturated heterocycles. The van der Waals surface area contributed by atoms with Crippen molar-refractivity contribution in [3.05, 3.63) is 76.7 Å². The van der Waals surface area contributed by atoms with Gasteiger partial charge in [-0.25, -0.2) is 9.07 Å². The first-order valence-electron chi connectivity index (χ1n) is 8.19. The van der Waals surface area contributed by atoms with Gasteiger partial charge in [-0.05, 0) is 42.3 Å². The first kappa shape index (κ1) is 16.6. The van der Waals surface area contributed by atoms with Crippen LogP contribution in [0.15, 0.2) is 48.5 Å². The largest absolute Gasteiger partial charge is 0.416 e. The lowest BCUT2D eigenvalue weighted by Gasteiger charge is -2.09. The number of aromatic nitrogens is 2. The highest BCUT2D eigenvalue weighted by Gasteiger charge is 2.30. The molecule has 0 amide bonds. The van der Waals surface area contributed by atoms with E-state index in [1.54, 1.807) is 22.9 Å². The Morgan fingerprint density at radius 1 is 1.04 bits per heavy atom. The summed E-state index contributed by atoms with van der Waals surface area (Å²) in [6, 6.07) is 11.4. The molecule has 0 atom stereocenters. The minimum Gasteiger partial charge on any atom is -0.369 e. The molecule has 26 heavy (non-hydrogen) atoms. The van der Waals surface area contributed by atoms with Crippen molar-refractivity contribution in [2.45, 2.75) is 19.0 Å². The van der Waals surface area contributed by atoms with Crippen LogP contribution in [0.25, 0.3) is 5.69 Å². The average molecular weight is 361 g/mol. The van der Waals surface area contributed by atoms with Crippen LogP contribution in [0.4, 0.5) is 23.4 Å². The first-order chi connectivity index (χ1) is 12.4. The maximum absolute atomic E-state index is 14.0. The number of nitrogens with zero attached hydrogens (tertiary/aromatic N) is 2. The average Bonchev–Trinajstić information content (AvgIpc) is 3.20. The maximum Gasteiger partial charge on any atom is 0.416 e. The number of fused-ring (bicyclic) bond motifs is 1. The molecule has 0 fully saturated rings. The zero-order valence-corrected chi connectivity index (χ0v) is 13.6. The van der Waals surface area contributed by atoms with Crippen LogP contribution in [0.5, 0.6) is 0 Å². The molecule has 2 aromatic carbocycles. The summed E-state index contributed by atoms with van der Waals surface area (Å²) >= 11 is 0.